The number of nitrogens with zero attached hydrogens (tertiary/aromatic N) is 1. The minimum absolute atomic E-state index is 0.604. The van der Waals surface area contributed by atoms with Crippen LogP contribution in [0.2, 0.25) is 0 Å². The molecule has 0 aliphatic carbocycles. The Morgan fingerprint density at radius 2 is 1.71 bits per heavy atom. The van der Waals surface area contributed by atoms with Gasteiger partial charge in [0.1, 0.15) is 6.54 Å². The topological polar surface area (TPSA) is 61.1 Å². The quantitative estimate of drug-likeness (QED) is 0.608. The minimum atomic E-state index is -3.92. The standard InChI is InChI=1S/C11H18N.CH4O3S/c1-3-5-6-11-7-9-12(4-2)10-8-11;1-5(2,3)4/h7-10H,3-6H2,1-2H3;1H3,(H,2,3,4)/q+1;/p-1. The van der Waals surface area contributed by atoms with Crippen LogP contribution in [0.3, 0.4) is 0 Å². The van der Waals surface area contributed by atoms with Gasteiger partial charge in [0.25, 0.3) is 0 Å². The van der Waals surface area contributed by atoms with Crippen LogP contribution in [0.4, 0.5) is 0 Å². The summed E-state index contributed by atoms with van der Waals surface area (Å²) in [5.74, 6) is 0. The van der Waals surface area contributed by atoms with Crippen LogP contribution in [-0.4, -0.2) is 19.2 Å². The molecule has 17 heavy (non-hydrogen) atoms. The molecule has 0 aromatic carbocycles. The van der Waals surface area contributed by atoms with Crippen molar-refractivity contribution in [1.29, 1.82) is 0 Å². The number of aryl methyl sites for hydroxylation is 2. The fourth-order valence-electron chi connectivity index (χ4n) is 1.25. The molecule has 0 aliphatic rings. The number of hydrogen-bond acceptors (Lipinski definition) is 3. The highest BCUT2D eigenvalue weighted by Crippen LogP contribution is 2.01. The molecule has 0 bridgehead atoms. The summed E-state index contributed by atoms with van der Waals surface area (Å²) in [6.07, 6.45) is 8.73. The second-order valence-corrected chi connectivity index (χ2v) is 5.25. The molecule has 1 aromatic heterocycles. The van der Waals surface area contributed by atoms with Crippen LogP contribution in [0, 0.1) is 0 Å². The Morgan fingerprint density at radius 1 is 1.24 bits per heavy atom. The Kier molecular flexibility index (Phi) is 7.74. The molecule has 0 fully saturated rings. The van der Waals surface area contributed by atoms with Crippen molar-refractivity contribution >= 4 is 10.1 Å². The first kappa shape index (κ1) is 16.1. The molecule has 0 spiro atoms. The van der Waals surface area contributed by atoms with Gasteiger partial charge < -0.3 is 4.55 Å². The van der Waals surface area contributed by atoms with Gasteiger partial charge in [-0.2, -0.15) is 0 Å². The van der Waals surface area contributed by atoms with Gasteiger partial charge in [0.15, 0.2) is 12.4 Å². The van der Waals surface area contributed by atoms with Crippen LogP contribution in [0.15, 0.2) is 24.5 Å². The molecule has 4 nitrogen and oxygen atoms in total. The lowest BCUT2D eigenvalue weighted by molar-refractivity contribution is -0.693. The minimum Gasteiger partial charge on any atom is -0.748 e. The normalized spacial score (nSPS) is 10.6. The summed E-state index contributed by atoms with van der Waals surface area (Å²) in [7, 11) is -3.92. The smallest absolute Gasteiger partial charge is 0.169 e. The number of unbranched alkanes of at least 4 members (excludes halogenated alkanes) is 1. The summed E-state index contributed by atoms with van der Waals surface area (Å²) in [4.78, 5) is 0. The number of rotatable bonds is 4. The molecule has 0 aliphatic heterocycles. The summed E-state index contributed by atoms with van der Waals surface area (Å²) in [6, 6.07) is 4.44. The molecular formula is C12H21NO3S. The highest BCUT2D eigenvalue weighted by atomic mass is 32.2. The largest absolute Gasteiger partial charge is 0.748 e. The van der Waals surface area contributed by atoms with Crippen molar-refractivity contribution in [2.24, 2.45) is 0 Å². The first-order valence-corrected chi connectivity index (χ1v) is 7.57. The summed E-state index contributed by atoms with van der Waals surface area (Å²) in [5, 5.41) is 0. The Bertz CT molecular complexity index is 390. The lowest BCUT2D eigenvalue weighted by atomic mass is 10.1. The molecule has 0 saturated carbocycles. The van der Waals surface area contributed by atoms with Crippen LogP contribution in [0.1, 0.15) is 32.3 Å². The van der Waals surface area contributed by atoms with E-state index in [0.717, 1.165) is 6.54 Å². The fourth-order valence-corrected chi connectivity index (χ4v) is 1.25. The van der Waals surface area contributed by atoms with E-state index in [1.165, 1.54) is 24.8 Å². The maximum absolute atomic E-state index is 9.08. The highest BCUT2D eigenvalue weighted by Gasteiger charge is 1.96. The molecule has 98 valence electrons. The number of hydrogen-bond donors (Lipinski definition) is 0. The molecule has 0 unspecified atom stereocenters. The monoisotopic (exact) mass is 259 g/mol. The van der Waals surface area contributed by atoms with Crippen molar-refractivity contribution in [3.05, 3.63) is 30.1 Å². The number of aromatic nitrogens is 1. The van der Waals surface area contributed by atoms with Crippen LogP contribution >= 0.6 is 0 Å². The summed E-state index contributed by atoms with van der Waals surface area (Å²) < 4.78 is 29.4. The van der Waals surface area contributed by atoms with E-state index in [1.807, 2.05) is 0 Å². The second kappa shape index (κ2) is 8.20. The summed E-state index contributed by atoms with van der Waals surface area (Å²) in [5.41, 5.74) is 1.46. The van der Waals surface area contributed by atoms with Crippen molar-refractivity contribution in [3.8, 4) is 0 Å². The molecule has 1 aromatic rings. The third-order valence-electron chi connectivity index (χ3n) is 2.14. The second-order valence-electron chi connectivity index (χ2n) is 3.84. The van der Waals surface area contributed by atoms with Gasteiger partial charge in [0.2, 0.25) is 0 Å². The van der Waals surface area contributed by atoms with E-state index in [0.29, 0.717) is 6.26 Å². The molecule has 0 amide bonds. The van der Waals surface area contributed by atoms with E-state index >= 15 is 0 Å². The zero-order chi connectivity index (χ0) is 13.3. The molecule has 0 radical (unpaired) electrons. The third-order valence-corrected chi connectivity index (χ3v) is 2.14. The Labute approximate surface area is 104 Å². The fraction of sp³-hybridized carbons (Fsp3) is 0.583. The molecule has 0 N–H and O–H groups in total. The lowest BCUT2D eigenvalue weighted by Gasteiger charge is -1.97. The first-order chi connectivity index (χ1) is 7.86. The average Bonchev–Trinajstić information content (AvgIpc) is 2.25. The Hall–Kier alpha value is -0.940. The maximum atomic E-state index is 9.08. The zero-order valence-corrected chi connectivity index (χ0v) is 11.5. The van der Waals surface area contributed by atoms with E-state index in [-0.39, 0.29) is 0 Å². The van der Waals surface area contributed by atoms with E-state index in [2.05, 4.69) is 42.9 Å². The van der Waals surface area contributed by atoms with Gasteiger partial charge in [-0.3, -0.25) is 0 Å². The van der Waals surface area contributed by atoms with Crippen molar-refractivity contribution in [1.82, 2.24) is 0 Å². The summed E-state index contributed by atoms with van der Waals surface area (Å²) >= 11 is 0. The predicted octanol–water partition coefficient (Wildman–Crippen LogP) is 1.50. The van der Waals surface area contributed by atoms with Crippen LogP contribution in [-0.2, 0) is 23.1 Å². The SMILES string of the molecule is CCCCc1cc[n+](CC)cc1.CS(=O)(=O)[O-]. The van der Waals surface area contributed by atoms with Crippen molar-refractivity contribution in [3.63, 3.8) is 0 Å². The van der Waals surface area contributed by atoms with E-state index in [1.54, 1.807) is 0 Å². The maximum Gasteiger partial charge on any atom is 0.169 e. The van der Waals surface area contributed by atoms with Gasteiger partial charge in [-0.05, 0) is 25.3 Å². The molecule has 0 saturated heterocycles. The molecule has 5 heteroatoms. The zero-order valence-electron chi connectivity index (χ0n) is 10.7. The summed E-state index contributed by atoms with van der Waals surface area (Å²) in [6.45, 7) is 5.45. The van der Waals surface area contributed by atoms with Crippen LogP contribution < -0.4 is 4.57 Å². The van der Waals surface area contributed by atoms with E-state index in [4.69, 9.17) is 13.0 Å². The number of pyridine rings is 1. The van der Waals surface area contributed by atoms with Gasteiger partial charge in [0.05, 0.1) is 10.1 Å². The van der Waals surface area contributed by atoms with Crippen LogP contribution in [0.25, 0.3) is 0 Å². The highest BCUT2D eigenvalue weighted by molar-refractivity contribution is 7.84. The molecule has 1 rings (SSSR count). The Balaban J connectivity index is 0.000000437. The van der Waals surface area contributed by atoms with Gasteiger partial charge in [-0.25, -0.2) is 13.0 Å². The Morgan fingerprint density at radius 3 is 2.06 bits per heavy atom. The van der Waals surface area contributed by atoms with Gasteiger partial charge >= 0.3 is 0 Å². The lowest BCUT2D eigenvalue weighted by Crippen LogP contribution is -2.30. The van der Waals surface area contributed by atoms with Gasteiger partial charge in [-0.15, -0.1) is 0 Å². The van der Waals surface area contributed by atoms with Gasteiger partial charge in [0, 0.05) is 18.4 Å². The van der Waals surface area contributed by atoms with Crippen molar-refractivity contribution in [2.75, 3.05) is 6.26 Å². The van der Waals surface area contributed by atoms with Crippen molar-refractivity contribution in [2.45, 2.75) is 39.7 Å². The molecular weight excluding hydrogens is 238 g/mol. The first-order valence-electron chi connectivity index (χ1n) is 5.75. The van der Waals surface area contributed by atoms with E-state index < -0.39 is 10.1 Å². The molecule has 0 atom stereocenters. The van der Waals surface area contributed by atoms with Crippen LogP contribution in [0.5, 0.6) is 0 Å². The van der Waals surface area contributed by atoms with Crippen molar-refractivity contribution < 1.29 is 17.5 Å². The third kappa shape index (κ3) is 11.3. The van der Waals surface area contributed by atoms with Gasteiger partial charge in [-0.1, -0.05) is 13.3 Å². The average molecular weight is 259 g/mol. The van der Waals surface area contributed by atoms with E-state index in [9.17, 15) is 0 Å². The predicted molar refractivity (Wildman–Crippen MR) is 66.5 cm³/mol. The molecule has 1 heterocycles.